The zero-order chi connectivity index (χ0) is 15.2. The van der Waals surface area contributed by atoms with Crippen molar-refractivity contribution in [2.24, 2.45) is 5.92 Å². The fourth-order valence-electron chi connectivity index (χ4n) is 1.71. The lowest BCUT2D eigenvalue weighted by Gasteiger charge is -2.16. The third-order valence-electron chi connectivity index (χ3n) is 2.88. The molecule has 0 bridgehead atoms. The smallest absolute Gasteiger partial charge is 0.419 e. The van der Waals surface area contributed by atoms with Crippen molar-refractivity contribution in [1.82, 2.24) is 5.32 Å². The van der Waals surface area contributed by atoms with Crippen LogP contribution in [0.5, 0.6) is 5.75 Å². The first-order valence-electron chi connectivity index (χ1n) is 6.88. The van der Waals surface area contributed by atoms with Crippen molar-refractivity contribution >= 4 is 0 Å². The molecule has 0 heterocycles. The summed E-state index contributed by atoms with van der Waals surface area (Å²) in [5.74, 6) is 0.316. The Balaban J connectivity index is 2.87. The third-order valence-corrected chi connectivity index (χ3v) is 2.88. The second-order valence-electron chi connectivity index (χ2n) is 5.14. The Morgan fingerprint density at radius 1 is 1.25 bits per heavy atom. The predicted octanol–water partition coefficient (Wildman–Crippen LogP) is 4.24. The average molecular weight is 289 g/mol. The van der Waals surface area contributed by atoms with E-state index in [4.69, 9.17) is 4.74 Å². The maximum absolute atomic E-state index is 13.0. The van der Waals surface area contributed by atoms with Crippen LogP contribution in [0.15, 0.2) is 18.2 Å². The van der Waals surface area contributed by atoms with E-state index >= 15 is 0 Å². The fourth-order valence-corrected chi connectivity index (χ4v) is 1.71. The Bertz CT molecular complexity index is 416. The highest BCUT2D eigenvalue weighted by atomic mass is 19.4. The molecule has 0 amide bonds. The average Bonchev–Trinajstić information content (AvgIpc) is 2.35. The fraction of sp³-hybridized carbons (Fsp3) is 0.600. The van der Waals surface area contributed by atoms with Gasteiger partial charge in [-0.05, 0) is 36.6 Å². The molecule has 1 aromatic rings. The van der Waals surface area contributed by atoms with Gasteiger partial charge in [-0.25, -0.2) is 0 Å². The van der Waals surface area contributed by atoms with E-state index in [1.807, 2.05) is 20.8 Å². The molecule has 0 spiro atoms. The zero-order valence-corrected chi connectivity index (χ0v) is 12.2. The molecule has 0 fully saturated rings. The molecule has 0 aliphatic rings. The zero-order valence-electron chi connectivity index (χ0n) is 12.2. The van der Waals surface area contributed by atoms with Crippen molar-refractivity contribution in [2.75, 3.05) is 13.2 Å². The van der Waals surface area contributed by atoms with E-state index in [-0.39, 0.29) is 5.75 Å². The van der Waals surface area contributed by atoms with Gasteiger partial charge in [0.05, 0.1) is 12.2 Å². The van der Waals surface area contributed by atoms with Gasteiger partial charge in [-0.3, -0.25) is 0 Å². The first kappa shape index (κ1) is 16.8. The van der Waals surface area contributed by atoms with Crippen molar-refractivity contribution in [2.45, 2.75) is 39.9 Å². The van der Waals surface area contributed by atoms with Gasteiger partial charge in [0.1, 0.15) is 5.75 Å². The quantitative estimate of drug-likeness (QED) is 0.810. The van der Waals surface area contributed by atoms with Crippen molar-refractivity contribution in [3.05, 3.63) is 29.3 Å². The molecule has 0 atom stereocenters. The van der Waals surface area contributed by atoms with Gasteiger partial charge in [-0.1, -0.05) is 26.8 Å². The Labute approximate surface area is 118 Å². The molecule has 2 nitrogen and oxygen atoms in total. The maximum atomic E-state index is 13.0. The summed E-state index contributed by atoms with van der Waals surface area (Å²) in [5, 5.41) is 3.01. The minimum Gasteiger partial charge on any atom is -0.493 e. The number of hydrogen-bond donors (Lipinski definition) is 1. The normalized spacial score (nSPS) is 11.9. The minimum atomic E-state index is -4.39. The Kier molecular flexibility index (Phi) is 6.33. The Morgan fingerprint density at radius 3 is 2.50 bits per heavy atom. The molecule has 0 aliphatic heterocycles. The van der Waals surface area contributed by atoms with Crippen molar-refractivity contribution < 1.29 is 17.9 Å². The van der Waals surface area contributed by atoms with Gasteiger partial charge in [0, 0.05) is 6.54 Å². The molecule has 0 aliphatic carbocycles. The summed E-state index contributed by atoms with van der Waals surface area (Å²) in [6.07, 6.45) is -3.66. The standard InChI is InChI=1S/C15H22F3NO/c1-4-19-10-12-5-6-14(20-8-7-11(2)3)13(9-12)15(16,17)18/h5-6,9,11,19H,4,7-8,10H2,1-3H3. The van der Waals surface area contributed by atoms with E-state index in [0.29, 0.717) is 31.2 Å². The Hall–Kier alpha value is -1.23. The molecule has 114 valence electrons. The van der Waals surface area contributed by atoms with E-state index in [2.05, 4.69) is 5.32 Å². The number of alkyl halides is 3. The lowest BCUT2D eigenvalue weighted by molar-refractivity contribution is -0.139. The van der Waals surface area contributed by atoms with E-state index in [1.54, 1.807) is 6.07 Å². The number of halogens is 3. The van der Waals surface area contributed by atoms with Gasteiger partial charge in [0.15, 0.2) is 0 Å². The van der Waals surface area contributed by atoms with Crippen LogP contribution in [-0.4, -0.2) is 13.2 Å². The van der Waals surface area contributed by atoms with Crippen molar-refractivity contribution in [1.29, 1.82) is 0 Å². The van der Waals surface area contributed by atoms with Crippen molar-refractivity contribution in [3.8, 4) is 5.75 Å². The molecule has 1 rings (SSSR count). The number of hydrogen-bond acceptors (Lipinski definition) is 2. The molecular formula is C15H22F3NO. The van der Waals surface area contributed by atoms with Gasteiger partial charge in [-0.2, -0.15) is 13.2 Å². The van der Waals surface area contributed by atoms with E-state index in [0.717, 1.165) is 12.5 Å². The van der Waals surface area contributed by atoms with Gasteiger partial charge in [0.25, 0.3) is 0 Å². The van der Waals surface area contributed by atoms with Crippen LogP contribution < -0.4 is 10.1 Å². The van der Waals surface area contributed by atoms with Gasteiger partial charge in [-0.15, -0.1) is 0 Å². The topological polar surface area (TPSA) is 21.3 Å². The second-order valence-corrected chi connectivity index (χ2v) is 5.14. The van der Waals surface area contributed by atoms with Crippen molar-refractivity contribution in [3.63, 3.8) is 0 Å². The molecular weight excluding hydrogens is 267 g/mol. The highest BCUT2D eigenvalue weighted by Gasteiger charge is 2.34. The first-order chi connectivity index (χ1) is 9.34. The third kappa shape index (κ3) is 5.41. The Morgan fingerprint density at radius 2 is 1.95 bits per heavy atom. The van der Waals surface area contributed by atoms with Gasteiger partial charge in [0.2, 0.25) is 0 Å². The summed E-state index contributed by atoms with van der Waals surface area (Å²) in [6.45, 7) is 7.36. The van der Waals surface area contributed by atoms with Crippen LogP contribution in [0, 0.1) is 5.92 Å². The predicted molar refractivity (Wildman–Crippen MR) is 73.8 cm³/mol. The summed E-state index contributed by atoms with van der Waals surface area (Å²) in [7, 11) is 0. The summed E-state index contributed by atoms with van der Waals surface area (Å²) in [5.41, 5.74) is -0.0907. The number of ether oxygens (including phenoxy) is 1. The molecule has 0 saturated heterocycles. The molecule has 1 aromatic carbocycles. The largest absolute Gasteiger partial charge is 0.493 e. The van der Waals surface area contributed by atoms with Gasteiger partial charge >= 0.3 is 6.18 Å². The van der Waals surface area contributed by atoms with Crippen LogP contribution in [0.4, 0.5) is 13.2 Å². The lowest BCUT2D eigenvalue weighted by atomic mass is 10.1. The molecule has 1 N–H and O–H groups in total. The van der Waals surface area contributed by atoms with Crippen LogP contribution in [0.1, 0.15) is 38.3 Å². The van der Waals surface area contributed by atoms with Crippen LogP contribution >= 0.6 is 0 Å². The molecule has 0 unspecified atom stereocenters. The number of nitrogens with one attached hydrogen (secondary N) is 1. The maximum Gasteiger partial charge on any atom is 0.419 e. The first-order valence-corrected chi connectivity index (χ1v) is 6.88. The summed E-state index contributed by atoms with van der Waals surface area (Å²) in [6, 6.07) is 4.24. The van der Waals surface area contributed by atoms with Crippen LogP contribution in [0.3, 0.4) is 0 Å². The highest BCUT2D eigenvalue weighted by Crippen LogP contribution is 2.37. The minimum absolute atomic E-state index is 0.0848. The summed E-state index contributed by atoms with van der Waals surface area (Å²) < 4.78 is 44.4. The lowest BCUT2D eigenvalue weighted by Crippen LogP contribution is -2.14. The molecule has 20 heavy (non-hydrogen) atoms. The number of benzene rings is 1. The molecule has 0 aromatic heterocycles. The number of rotatable bonds is 7. The SMILES string of the molecule is CCNCc1ccc(OCCC(C)C)c(C(F)(F)F)c1. The second kappa shape index (κ2) is 7.53. The summed E-state index contributed by atoms with van der Waals surface area (Å²) in [4.78, 5) is 0. The van der Waals surface area contributed by atoms with Crippen LogP contribution in [0.25, 0.3) is 0 Å². The molecule has 0 radical (unpaired) electrons. The van der Waals surface area contributed by atoms with E-state index in [9.17, 15) is 13.2 Å². The van der Waals surface area contributed by atoms with Gasteiger partial charge < -0.3 is 10.1 Å². The molecule has 0 saturated carbocycles. The highest BCUT2D eigenvalue weighted by molar-refractivity contribution is 5.39. The molecule has 5 heteroatoms. The van der Waals surface area contributed by atoms with Crippen LogP contribution in [0.2, 0.25) is 0 Å². The van der Waals surface area contributed by atoms with E-state index in [1.165, 1.54) is 6.07 Å². The monoisotopic (exact) mass is 289 g/mol. The summed E-state index contributed by atoms with van der Waals surface area (Å²) >= 11 is 0. The van der Waals surface area contributed by atoms with Crippen LogP contribution in [-0.2, 0) is 12.7 Å². The van der Waals surface area contributed by atoms with E-state index < -0.39 is 11.7 Å².